The lowest BCUT2D eigenvalue weighted by atomic mass is 9.72. The van der Waals surface area contributed by atoms with Crippen molar-refractivity contribution in [3.8, 4) is 0 Å². The highest BCUT2D eigenvalue weighted by atomic mass is 32.1. The molecule has 6 heteroatoms. The van der Waals surface area contributed by atoms with Gasteiger partial charge in [0.15, 0.2) is 5.76 Å². The Morgan fingerprint density at radius 3 is 2.64 bits per heavy atom. The highest BCUT2D eigenvalue weighted by Crippen LogP contribution is 2.44. The Morgan fingerprint density at radius 2 is 2.08 bits per heavy atom. The molecule has 25 heavy (non-hydrogen) atoms. The van der Waals surface area contributed by atoms with Crippen molar-refractivity contribution in [1.82, 2.24) is 0 Å². The van der Waals surface area contributed by atoms with Gasteiger partial charge in [-0.1, -0.05) is 20.8 Å². The number of amides is 1. The number of carboxylic acid groups (broad SMARTS) is 1. The van der Waals surface area contributed by atoms with Crippen molar-refractivity contribution >= 4 is 28.2 Å². The van der Waals surface area contributed by atoms with Gasteiger partial charge in [-0.05, 0) is 49.1 Å². The summed E-state index contributed by atoms with van der Waals surface area (Å²) in [6.07, 6.45) is 4.03. The molecule has 1 atom stereocenters. The molecule has 2 aromatic rings. The van der Waals surface area contributed by atoms with Crippen molar-refractivity contribution in [2.24, 2.45) is 11.3 Å². The van der Waals surface area contributed by atoms with Gasteiger partial charge in [-0.25, -0.2) is 4.79 Å². The van der Waals surface area contributed by atoms with E-state index in [0.717, 1.165) is 35.3 Å². The average molecular weight is 361 g/mol. The molecule has 3 rings (SSSR count). The molecule has 1 aliphatic carbocycles. The van der Waals surface area contributed by atoms with E-state index in [9.17, 15) is 14.7 Å². The predicted octanol–water partition coefficient (Wildman–Crippen LogP) is 4.75. The van der Waals surface area contributed by atoms with Gasteiger partial charge in [-0.2, -0.15) is 0 Å². The van der Waals surface area contributed by atoms with E-state index in [1.165, 1.54) is 17.6 Å². The van der Waals surface area contributed by atoms with Crippen molar-refractivity contribution in [3.63, 3.8) is 0 Å². The lowest BCUT2D eigenvalue weighted by Gasteiger charge is -2.33. The molecule has 2 aromatic heterocycles. The zero-order valence-corrected chi connectivity index (χ0v) is 15.8. The molecule has 0 bridgehead atoms. The number of hydrogen-bond donors (Lipinski definition) is 2. The number of hydrogen-bond acceptors (Lipinski definition) is 4. The molecule has 2 N–H and O–H groups in total. The third kappa shape index (κ3) is 3.35. The molecule has 0 aromatic carbocycles. The normalized spacial score (nSPS) is 17.2. The molecule has 134 valence electrons. The number of aromatic carboxylic acids is 1. The van der Waals surface area contributed by atoms with Gasteiger partial charge in [-0.3, -0.25) is 4.79 Å². The Balaban J connectivity index is 1.93. The van der Waals surface area contributed by atoms with E-state index >= 15 is 0 Å². The summed E-state index contributed by atoms with van der Waals surface area (Å²) in [5.41, 5.74) is 2.03. The fourth-order valence-electron chi connectivity index (χ4n) is 3.40. The maximum atomic E-state index is 12.4. The standard InChI is InChI=1S/C19H23NO4S/c1-10-7-8-24-15(10)16(21)20-17-14(18(22)23)12-6-5-11(19(2,3)4)9-13(12)25-17/h7-8,11H,5-6,9H2,1-4H3,(H,20,21)(H,22,23). The Kier molecular flexibility index (Phi) is 4.49. The molecular formula is C19H23NO4S. The minimum atomic E-state index is -0.988. The first-order valence-corrected chi connectivity index (χ1v) is 9.23. The summed E-state index contributed by atoms with van der Waals surface area (Å²) in [5.74, 6) is -0.666. The topological polar surface area (TPSA) is 79.5 Å². The van der Waals surface area contributed by atoms with Gasteiger partial charge in [0.05, 0.1) is 11.8 Å². The first kappa shape index (κ1) is 17.7. The third-order valence-corrected chi connectivity index (χ3v) is 6.17. The van der Waals surface area contributed by atoms with Gasteiger partial charge < -0.3 is 14.8 Å². The lowest BCUT2D eigenvalue weighted by Crippen LogP contribution is -2.26. The number of anilines is 1. The van der Waals surface area contributed by atoms with Crippen molar-refractivity contribution in [2.75, 3.05) is 5.32 Å². The number of nitrogens with one attached hydrogen (secondary N) is 1. The maximum absolute atomic E-state index is 12.4. The van der Waals surface area contributed by atoms with E-state index in [0.29, 0.717) is 10.9 Å². The molecule has 0 radical (unpaired) electrons. The van der Waals surface area contributed by atoms with Crippen LogP contribution in [-0.4, -0.2) is 17.0 Å². The van der Waals surface area contributed by atoms with Crippen LogP contribution < -0.4 is 5.32 Å². The van der Waals surface area contributed by atoms with Gasteiger partial charge >= 0.3 is 5.97 Å². The number of carbonyl (C=O) groups is 2. The molecule has 1 amide bonds. The second-order valence-electron chi connectivity index (χ2n) is 7.71. The Labute approximate surface area is 151 Å². The monoisotopic (exact) mass is 361 g/mol. The summed E-state index contributed by atoms with van der Waals surface area (Å²) in [5, 5.41) is 12.8. The number of thiophene rings is 1. The van der Waals surface area contributed by atoms with Crippen LogP contribution in [0.1, 0.15) is 64.1 Å². The van der Waals surface area contributed by atoms with E-state index < -0.39 is 11.9 Å². The number of furan rings is 1. The van der Waals surface area contributed by atoms with Crippen molar-refractivity contribution < 1.29 is 19.1 Å². The zero-order chi connectivity index (χ0) is 18.4. The fraction of sp³-hybridized carbons (Fsp3) is 0.474. The zero-order valence-electron chi connectivity index (χ0n) is 14.9. The van der Waals surface area contributed by atoms with E-state index in [1.807, 2.05) is 0 Å². The van der Waals surface area contributed by atoms with E-state index in [2.05, 4.69) is 26.1 Å². The van der Waals surface area contributed by atoms with E-state index in [1.54, 1.807) is 13.0 Å². The molecule has 0 saturated heterocycles. The van der Waals surface area contributed by atoms with Crippen LogP contribution >= 0.6 is 11.3 Å². The first-order chi connectivity index (χ1) is 11.7. The Hall–Kier alpha value is -2.08. The number of carboxylic acids is 1. The molecular weight excluding hydrogens is 338 g/mol. The largest absolute Gasteiger partial charge is 0.478 e. The Morgan fingerprint density at radius 1 is 1.36 bits per heavy atom. The van der Waals surface area contributed by atoms with Gasteiger partial charge in [0, 0.05) is 10.4 Å². The number of carbonyl (C=O) groups excluding carboxylic acids is 1. The molecule has 0 spiro atoms. The van der Waals surface area contributed by atoms with Gasteiger partial charge in [0.1, 0.15) is 5.00 Å². The summed E-state index contributed by atoms with van der Waals surface area (Å²) >= 11 is 1.39. The lowest BCUT2D eigenvalue weighted by molar-refractivity contribution is 0.0696. The summed E-state index contributed by atoms with van der Waals surface area (Å²) in [6, 6.07) is 1.71. The Bertz CT molecular complexity index is 825. The van der Waals surface area contributed by atoms with Crippen LogP contribution in [0.2, 0.25) is 0 Å². The smallest absolute Gasteiger partial charge is 0.339 e. The van der Waals surface area contributed by atoms with Crippen LogP contribution in [0.4, 0.5) is 5.00 Å². The van der Waals surface area contributed by atoms with Crippen molar-refractivity contribution in [3.05, 3.63) is 39.7 Å². The van der Waals surface area contributed by atoms with Crippen LogP contribution in [0.25, 0.3) is 0 Å². The molecule has 0 saturated carbocycles. The molecule has 0 aliphatic heterocycles. The van der Waals surface area contributed by atoms with Crippen LogP contribution in [-0.2, 0) is 12.8 Å². The molecule has 5 nitrogen and oxygen atoms in total. The third-order valence-electron chi connectivity index (χ3n) is 5.00. The maximum Gasteiger partial charge on any atom is 0.339 e. The van der Waals surface area contributed by atoms with Crippen LogP contribution in [0.3, 0.4) is 0 Å². The molecule has 0 fully saturated rings. The number of fused-ring (bicyclic) bond motifs is 1. The minimum Gasteiger partial charge on any atom is -0.478 e. The van der Waals surface area contributed by atoms with Crippen molar-refractivity contribution in [1.29, 1.82) is 0 Å². The van der Waals surface area contributed by atoms with Crippen LogP contribution in [0, 0.1) is 18.3 Å². The minimum absolute atomic E-state index is 0.180. The predicted molar refractivity (Wildman–Crippen MR) is 97.6 cm³/mol. The van der Waals surface area contributed by atoms with Crippen LogP contribution in [0.5, 0.6) is 0 Å². The summed E-state index contributed by atoms with van der Waals surface area (Å²) < 4.78 is 5.21. The highest BCUT2D eigenvalue weighted by Gasteiger charge is 2.34. The first-order valence-electron chi connectivity index (χ1n) is 8.41. The molecule has 2 heterocycles. The van der Waals surface area contributed by atoms with E-state index in [4.69, 9.17) is 4.42 Å². The highest BCUT2D eigenvalue weighted by molar-refractivity contribution is 7.17. The van der Waals surface area contributed by atoms with Gasteiger partial charge in [0.25, 0.3) is 5.91 Å². The van der Waals surface area contributed by atoms with Gasteiger partial charge in [-0.15, -0.1) is 11.3 Å². The van der Waals surface area contributed by atoms with Crippen molar-refractivity contribution in [2.45, 2.75) is 47.0 Å². The second kappa shape index (κ2) is 6.33. The van der Waals surface area contributed by atoms with Crippen LogP contribution in [0.15, 0.2) is 16.7 Å². The fourth-order valence-corrected chi connectivity index (χ4v) is 4.72. The quantitative estimate of drug-likeness (QED) is 0.827. The summed E-state index contributed by atoms with van der Waals surface area (Å²) in [7, 11) is 0. The average Bonchev–Trinajstić information content (AvgIpc) is 3.08. The second-order valence-corrected chi connectivity index (χ2v) is 8.81. The number of rotatable bonds is 3. The summed E-state index contributed by atoms with van der Waals surface area (Å²) in [6.45, 7) is 8.44. The van der Waals surface area contributed by atoms with Gasteiger partial charge in [0.2, 0.25) is 0 Å². The molecule has 1 aliphatic rings. The number of aryl methyl sites for hydroxylation is 1. The SMILES string of the molecule is Cc1ccoc1C(=O)Nc1sc2c(c1C(=O)O)CCC(C(C)(C)C)C2. The molecule has 1 unspecified atom stereocenters. The summed E-state index contributed by atoms with van der Waals surface area (Å²) in [4.78, 5) is 25.3. The van der Waals surface area contributed by atoms with E-state index in [-0.39, 0.29) is 16.7 Å².